The molecule has 0 fully saturated rings. The fraction of sp³-hybridized carbons (Fsp3) is 0. The van der Waals surface area contributed by atoms with Crippen molar-refractivity contribution in [3.05, 3.63) is 40.5 Å². The van der Waals surface area contributed by atoms with E-state index in [1.165, 1.54) is 0 Å². The van der Waals surface area contributed by atoms with Crippen LogP contribution in [-0.2, 0) is 10.1 Å². The second kappa shape index (κ2) is 6.09. The van der Waals surface area contributed by atoms with Crippen LogP contribution in [0.4, 0.5) is 0 Å². The third kappa shape index (κ3) is 2.82. The van der Waals surface area contributed by atoms with Crippen molar-refractivity contribution in [2.75, 3.05) is 0 Å². The van der Waals surface area contributed by atoms with Crippen molar-refractivity contribution < 1.29 is 52.6 Å². The number of hydrogen-bond donors (Lipinski definition) is 5. The topological polar surface area (TPSA) is 204 Å². The molecule has 0 unspecified atom stereocenters. The van der Waals surface area contributed by atoms with E-state index in [0.717, 1.165) is 18.2 Å². The Bertz CT molecular complexity index is 1110. The minimum Gasteiger partial charge on any atom is -0.478 e. The lowest BCUT2D eigenvalue weighted by atomic mass is 9.91. The van der Waals surface area contributed by atoms with Gasteiger partial charge in [0.2, 0.25) is 0 Å². The Labute approximate surface area is 143 Å². The van der Waals surface area contributed by atoms with Crippen LogP contribution in [0.5, 0.6) is 0 Å². The molecule has 0 atom stereocenters. The van der Waals surface area contributed by atoms with E-state index in [2.05, 4.69) is 0 Å². The van der Waals surface area contributed by atoms with Gasteiger partial charge < -0.3 is 20.4 Å². The molecule has 0 radical (unpaired) electrons. The number of benzene rings is 2. The van der Waals surface area contributed by atoms with E-state index in [1.807, 2.05) is 0 Å². The fourth-order valence-corrected chi connectivity index (χ4v) is 3.48. The minimum absolute atomic E-state index is 0.757. The molecule has 12 heteroatoms. The highest BCUT2D eigenvalue weighted by Gasteiger charge is 2.36. The van der Waals surface area contributed by atoms with Gasteiger partial charge in [0.25, 0.3) is 10.1 Å². The summed E-state index contributed by atoms with van der Waals surface area (Å²) in [5, 5.41) is 35.5. The third-order valence-electron chi connectivity index (χ3n) is 3.42. The van der Waals surface area contributed by atoms with Crippen LogP contribution in [0.25, 0.3) is 10.8 Å². The summed E-state index contributed by atoms with van der Waals surface area (Å²) >= 11 is 0. The van der Waals surface area contributed by atoms with Crippen molar-refractivity contribution in [2.45, 2.75) is 4.90 Å². The lowest BCUT2D eigenvalue weighted by Gasteiger charge is -2.16. The first-order chi connectivity index (χ1) is 11.9. The molecule has 0 spiro atoms. The largest absolute Gasteiger partial charge is 0.478 e. The Kier molecular flexibility index (Phi) is 4.41. The van der Waals surface area contributed by atoms with Gasteiger partial charge in [-0.05, 0) is 6.07 Å². The first-order valence-electron chi connectivity index (χ1n) is 6.42. The molecule has 0 bridgehead atoms. The lowest BCUT2D eigenvalue weighted by Crippen LogP contribution is -2.21. The van der Waals surface area contributed by atoms with E-state index in [0.29, 0.717) is 0 Å². The fourth-order valence-electron chi connectivity index (χ4n) is 2.59. The Morgan fingerprint density at radius 3 is 1.62 bits per heavy atom. The van der Waals surface area contributed by atoms with Crippen LogP contribution in [0.1, 0.15) is 41.4 Å². The van der Waals surface area contributed by atoms with Gasteiger partial charge in [-0.25, -0.2) is 19.2 Å². The van der Waals surface area contributed by atoms with Gasteiger partial charge >= 0.3 is 23.9 Å². The first kappa shape index (κ1) is 18.8. The molecule has 0 heterocycles. The van der Waals surface area contributed by atoms with Crippen molar-refractivity contribution in [3.63, 3.8) is 0 Å². The van der Waals surface area contributed by atoms with Gasteiger partial charge in [-0.15, -0.1) is 0 Å². The van der Waals surface area contributed by atoms with E-state index < -0.39 is 71.9 Å². The van der Waals surface area contributed by atoms with Gasteiger partial charge in [-0.2, -0.15) is 8.42 Å². The molecular formula is C14H8O11S. The van der Waals surface area contributed by atoms with Crippen LogP contribution < -0.4 is 0 Å². The molecule has 0 saturated heterocycles. The summed E-state index contributed by atoms with van der Waals surface area (Å²) < 4.78 is 32.8. The third-order valence-corrected chi connectivity index (χ3v) is 4.36. The highest BCUT2D eigenvalue weighted by atomic mass is 32.2. The number of aromatic carboxylic acids is 4. The summed E-state index contributed by atoms with van der Waals surface area (Å²) in [5.74, 6) is -7.99. The Balaban J connectivity index is 3.46. The van der Waals surface area contributed by atoms with Crippen LogP contribution in [0.2, 0.25) is 0 Å². The van der Waals surface area contributed by atoms with Gasteiger partial charge in [0.15, 0.2) is 0 Å². The maximum atomic E-state index is 11.7. The number of carbonyl (C=O) groups is 4. The average molecular weight is 384 g/mol. The van der Waals surface area contributed by atoms with Crippen molar-refractivity contribution >= 4 is 44.8 Å². The van der Waals surface area contributed by atoms with Gasteiger partial charge in [-0.1, -0.05) is 12.1 Å². The number of rotatable bonds is 5. The zero-order valence-corrected chi connectivity index (χ0v) is 13.1. The summed E-state index contributed by atoms with van der Waals surface area (Å²) in [5.41, 5.74) is -4.98. The van der Waals surface area contributed by atoms with E-state index in [4.69, 9.17) is 0 Å². The van der Waals surface area contributed by atoms with Crippen LogP contribution in [0.3, 0.4) is 0 Å². The molecule has 5 N–H and O–H groups in total. The summed E-state index contributed by atoms with van der Waals surface area (Å²) in [4.78, 5) is 44.5. The van der Waals surface area contributed by atoms with E-state index >= 15 is 0 Å². The van der Waals surface area contributed by atoms with Crippen molar-refractivity contribution in [3.8, 4) is 0 Å². The smallest absolute Gasteiger partial charge is 0.338 e. The second-order valence-corrected chi connectivity index (χ2v) is 6.24. The molecule has 11 nitrogen and oxygen atoms in total. The number of carboxylic acid groups (broad SMARTS) is 4. The zero-order chi connectivity index (χ0) is 20.0. The molecule has 0 aliphatic heterocycles. The maximum Gasteiger partial charge on any atom is 0.338 e. The normalized spacial score (nSPS) is 11.3. The summed E-state index contributed by atoms with van der Waals surface area (Å²) in [7, 11) is -5.38. The van der Waals surface area contributed by atoms with E-state index in [1.54, 1.807) is 0 Å². The molecule has 2 aromatic rings. The van der Waals surface area contributed by atoms with Gasteiger partial charge in [0.05, 0.1) is 22.3 Å². The van der Waals surface area contributed by atoms with E-state index in [-0.39, 0.29) is 0 Å². The number of fused-ring (bicyclic) bond motifs is 1. The molecule has 0 aromatic heterocycles. The second-order valence-electron chi connectivity index (χ2n) is 4.88. The van der Waals surface area contributed by atoms with Crippen LogP contribution in [0.15, 0.2) is 23.1 Å². The molecule has 2 rings (SSSR count). The molecule has 2 aromatic carbocycles. The molecular weight excluding hydrogens is 376 g/mol. The maximum absolute atomic E-state index is 11.7. The monoisotopic (exact) mass is 384 g/mol. The number of carboxylic acids is 4. The Morgan fingerprint density at radius 2 is 1.23 bits per heavy atom. The van der Waals surface area contributed by atoms with Crippen molar-refractivity contribution in [2.24, 2.45) is 0 Å². The van der Waals surface area contributed by atoms with Crippen molar-refractivity contribution in [1.29, 1.82) is 0 Å². The average Bonchev–Trinajstić information content (AvgIpc) is 2.49. The molecule has 0 saturated carbocycles. The first-order valence-corrected chi connectivity index (χ1v) is 7.87. The predicted molar refractivity (Wildman–Crippen MR) is 81.6 cm³/mol. The summed E-state index contributed by atoms with van der Waals surface area (Å²) in [6.07, 6.45) is 0. The predicted octanol–water partition coefficient (Wildman–Crippen LogP) is 0.879. The standard InChI is InChI=1S/C14H8O11S/c15-11(16)5-3-1-2-4-6(5)7(12(17)18)8(13(19)20)9(14(21)22)10(4)26(23,24)25/h1-3H,(H,15,16)(H,17,18)(H,19,20)(H,21,22)(H,23,24,25). The van der Waals surface area contributed by atoms with Gasteiger partial charge in [-0.3, -0.25) is 4.55 Å². The SMILES string of the molecule is O=C(O)c1c(C(=O)O)c(C(=O)O)c2c(C(=O)O)cccc2c1S(=O)(=O)O. The molecule has 0 aliphatic rings. The zero-order valence-electron chi connectivity index (χ0n) is 12.3. The van der Waals surface area contributed by atoms with Crippen LogP contribution in [0, 0.1) is 0 Å². The quantitative estimate of drug-likeness (QED) is 0.457. The Morgan fingerprint density at radius 1 is 0.731 bits per heavy atom. The lowest BCUT2D eigenvalue weighted by molar-refractivity contribution is 0.0632. The molecule has 136 valence electrons. The Hall–Kier alpha value is -3.51. The molecule has 26 heavy (non-hydrogen) atoms. The van der Waals surface area contributed by atoms with Gasteiger partial charge in [0.1, 0.15) is 4.90 Å². The summed E-state index contributed by atoms with van der Waals surface area (Å²) in [6.45, 7) is 0. The highest BCUT2D eigenvalue weighted by Crippen LogP contribution is 2.36. The van der Waals surface area contributed by atoms with Crippen molar-refractivity contribution in [1.82, 2.24) is 0 Å². The van der Waals surface area contributed by atoms with E-state index in [9.17, 15) is 52.6 Å². The van der Waals surface area contributed by atoms with Crippen LogP contribution >= 0.6 is 0 Å². The minimum atomic E-state index is -5.38. The van der Waals surface area contributed by atoms with Crippen LogP contribution in [-0.4, -0.2) is 57.3 Å². The van der Waals surface area contributed by atoms with Gasteiger partial charge in [0, 0.05) is 10.8 Å². The molecule has 0 amide bonds. The summed E-state index contributed by atoms with van der Waals surface area (Å²) in [6, 6.07) is 2.71. The highest BCUT2D eigenvalue weighted by molar-refractivity contribution is 7.86. The molecule has 0 aliphatic carbocycles. The number of hydrogen-bond acceptors (Lipinski definition) is 6.